The molecule has 1 N–H and O–H groups in total. The van der Waals surface area contributed by atoms with Gasteiger partial charge in [0.2, 0.25) is 6.79 Å². The first-order valence-corrected chi connectivity index (χ1v) is 12.5. The first-order valence-electron chi connectivity index (χ1n) is 12.5. The Balaban J connectivity index is 1.27. The fourth-order valence-corrected chi connectivity index (χ4v) is 5.03. The minimum Gasteiger partial charge on any atom is -0.489 e. The highest BCUT2D eigenvalue weighted by atomic mass is 16.7. The molecule has 3 heterocycles. The second-order valence-electron chi connectivity index (χ2n) is 9.34. The summed E-state index contributed by atoms with van der Waals surface area (Å²) in [6, 6.07) is 22.3. The van der Waals surface area contributed by atoms with Gasteiger partial charge in [0.25, 0.3) is 5.91 Å². The number of nitrogens with zero attached hydrogens (tertiary/aromatic N) is 2. The molecule has 0 fully saturated rings. The van der Waals surface area contributed by atoms with E-state index in [1.165, 1.54) is 0 Å². The van der Waals surface area contributed by atoms with Gasteiger partial charge < -0.3 is 24.4 Å². The number of ether oxygens (including phenoxy) is 3. The van der Waals surface area contributed by atoms with Crippen molar-refractivity contribution in [3.8, 4) is 17.2 Å². The summed E-state index contributed by atoms with van der Waals surface area (Å²) in [5.41, 5.74) is 4.02. The lowest BCUT2D eigenvalue weighted by molar-refractivity contribution is -0.126. The Morgan fingerprint density at radius 1 is 0.974 bits per heavy atom. The number of fused-ring (bicyclic) bond motifs is 1. The summed E-state index contributed by atoms with van der Waals surface area (Å²) < 4.78 is 16.9. The number of carbonyl (C=O) groups is 2. The highest BCUT2D eigenvalue weighted by Gasteiger charge is 2.43. The van der Waals surface area contributed by atoms with Crippen molar-refractivity contribution >= 4 is 11.9 Å². The summed E-state index contributed by atoms with van der Waals surface area (Å²) in [6.45, 7) is 5.42. The molecule has 38 heavy (non-hydrogen) atoms. The van der Waals surface area contributed by atoms with E-state index in [1.807, 2.05) is 72.8 Å². The second kappa shape index (κ2) is 9.97. The highest BCUT2D eigenvalue weighted by Crippen LogP contribution is 2.38. The third-order valence-corrected chi connectivity index (χ3v) is 6.86. The van der Waals surface area contributed by atoms with Gasteiger partial charge in [-0.15, -0.1) is 6.58 Å². The Labute approximate surface area is 220 Å². The van der Waals surface area contributed by atoms with Crippen molar-refractivity contribution in [2.45, 2.75) is 19.2 Å². The lowest BCUT2D eigenvalue weighted by atomic mass is 9.95. The summed E-state index contributed by atoms with van der Waals surface area (Å²) in [5, 5.41) is 3.03. The number of nitrogens with one attached hydrogen (secondary N) is 1. The summed E-state index contributed by atoms with van der Waals surface area (Å²) >= 11 is 0. The Morgan fingerprint density at radius 2 is 1.82 bits per heavy atom. The molecule has 0 saturated carbocycles. The van der Waals surface area contributed by atoms with Crippen LogP contribution in [0.3, 0.4) is 0 Å². The van der Waals surface area contributed by atoms with E-state index < -0.39 is 6.04 Å². The number of benzene rings is 3. The SMILES string of the molecule is C=CCN1C(=O)N[C@@H](c2cccc(OCc3ccccc3)c2)C2=C1CN(Cc1ccc3c(c1)OCO3)C2=O. The van der Waals surface area contributed by atoms with Crippen molar-refractivity contribution in [2.75, 3.05) is 19.9 Å². The maximum Gasteiger partial charge on any atom is 0.322 e. The fourth-order valence-electron chi connectivity index (χ4n) is 5.03. The van der Waals surface area contributed by atoms with Gasteiger partial charge in [-0.2, -0.15) is 0 Å². The Morgan fingerprint density at radius 3 is 2.66 bits per heavy atom. The molecule has 8 heteroatoms. The maximum atomic E-state index is 13.8. The van der Waals surface area contributed by atoms with Crippen molar-refractivity contribution in [1.82, 2.24) is 15.1 Å². The Hall–Kier alpha value is -4.72. The predicted molar refractivity (Wildman–Crippen MR) is 140 cm³/mol. The minimum absolute atomic E-state index is 0.118. The van der Waals surface area contributed by atoms with Gasteiger partial charge in [-0.1, -0.05) is 54.6 Å². The molecule has 1 atom stereocenters. The summed E-state index contributed by atoms with van der Waals surface area (Å²) in [6.07, 6.45) is 1.66. The van der Waals surface area contributed by atoms with Crippen molar-refractivity contribution < 1.29 is 23.8 Å². The number of carbonyl (C=O) groups excluding carboxylic acids is 2. The average molecular weight is 510 g/mol. The molecule has 192 valence electrons. The van der Waals surface area contributed by atoms with Crippen LogP contribution in [0.1, 0.15) is 22.7 Å². The summed E-state index contributed by atoms with van der Waals surface area (Å²) in [7, 11) is 0. The summed E-state index contributed by atoms with van der Waals surface area (Å²) in [4.78, 5) is 30.3. The number of hydrogen-bond donors (Lipinski definition) is 1. The maximum absolute atomic E-state index is 13.8. The van der Waals surface area contributed by atoms with E-state index in [2.05, 4.69) is 11.9 Å². The molecule has 3 aromatic rings. The Kier molecular flexibility index (Phi) is 6.21. The topological polar surface area (TPSA) is 80.3 Å². The molecule has 0 bridgehead atoms. The zero-order valence-electron chi connectivity index (χ0n) is 20.8. The van der Waals surface area contributed by atoms with Gasteiger partial charge in [-0.25, -0.2) is 4.79 Å². The van der Waals surface area contributed by atoms with Crippen LogP contribution in [0.15, 0.2) is 96.7 Å². The molecule has 3 aromatic carbocycles. The summed E-state index contributed by atoms with van der Waals surface area (Å²) in [5.74, 6) is 1.91. The molecule has 0 aliphatic carbocycles. The zero-order valence-corrected chi connectivity index (χ0v) is 20.8. The van der Waals surface area contributed by atoms with Crippen LogP contribution >= 0.6 is 0 Å². The van der Waals surface area contributed by atoms with Gasteiger partial charge in [0.1, 0.15) is 12.4 Å². The zero-order chi connectivity index (χ0) is 26.1. The van der Waals surface area contributed by atoms with Gasteiger partial charge in [-0.05, 0) is 41.0 Å². The van der Waals surface area contributed by atoms with E-state index in [-0.39, 0.29) is 18.7 Å². The van der Waals surface area contributed by atoms with Crippen LogP contribution in [0.5, 0.6) is 17.2 Å². The largest absolute Gasteiger partial charge is 0.489 e. The predicted octanol–water partition coefficient (Wildman–Crippen LogP) is 4.54. The van der Waals surface area contributed by atoms with E-state index in [0.29, 0.717) is 54.8 Å². The molecule has 0 unspecified atom stereocenters. The second-order valence-corrected chi connectivity index (χ2v) is 9.34. The molecule has 6 rings (SSSR count). The first-order chi connectivity index (χ1) is 18.6. The van der Waals surface area contributed by atoms with Crippen LogP contribution in [0.25, 0.3) is 0 Å². The van der Waals surface area contributed by atoms with Gasteiger partial charge in [0.15, 0.2) is 11.5 Å². The van der Waals surface area contributed by atoms with Crippen LogP contribution < -0.4 is 19.5 Å². The molecule has 0 saturated heterocycles. The van der Waals surface area contributed by atoms with E-state index in [9.17, 15) is 9.59 Å². The van der Waals surface area contributed by atoms with Crippen molar-refractivity contribution in [3.05, 3.63) is 113 Å². The van der Waals surface area contributed by atoms with Crippen LogP contribution in [0.2, 0.25) is 0 Å². The molecule has 0 spiro atoms. The first kappa shape index (κ1) is 23.7. The van der Waals surface area contributed by atoms with Crippen molar-refractivity contribution in [2.24, 2.45) is 0 Å². The number of amides is 3. The smallest absolute Gasteiger partial charge is 0.322 e. The van der Waals surface area contributed by atoms with Crippen LogP contribution in [0, 0.1) is 0 Å². The van der Waals surface area contributed by atoms with Crippen molar-refractivity contribution in [1.29, 1.82) is 0 Å². The third-order valence-electron chi connectivity index (χ3n) is 6.86. The molecule has 0 aromatic heterocycles. The molecule has 0 radical (unpaired) electrons. The molecule has 3 amide bonds. The quantitative estimate of drug-likeness (QED) is 0.451. The van der Waals surface area contributed by atoms with E-state index in [4.69, 9.17) is 14.2 Å². The standard InChI is InChI=1S/C30H27N3O5/c1-2-13-33-24-17-32(16-21-11-12-25-26(14-21)38-19-37-25)29(34)27(24)28(31-30(33)35)22-9-6-10-23(15-22)36-18-20-7-4-3-5-8-20/h2-12,14-15,28H,1,13,16-19H2,(H,31,35)/t28-/m0/s1. The van der Waals surface area contributed by atoms with Crippen LogP contribution in [-0.2, 0) is 17.9 Å². The molecule has 8 nitrogen and oxygen atoms in total. The molecular formula is C30H27N3O5. The highest BCUT2D eigenvalue weighted by molar-refractivity contribution is 6.01. The molecular weight excluding hydrogens is 482 g/mol. The molecule has 3 aliphatic rings. The average Bonchev–Trinajstić information content (AvgIpc) is 3.54. The van der Waals surface area contributed by atoms with Crippen molar-refractivity contribution in [3.63, 3.8) is 0 Å². The van der Waals surface area contributed by atoms with Crippen LogP contribution in [-0.4, -0.2) is 41.6 Å². The minimum atomic E-state index is -0.590. The van der Waals surface area contributed by atoms with E-state index >= 15 is 0 Å². The molecule has 3 aliphatic heterocycles. The fraction of sp³-hybridized carbons (Fsp3) is 0.200. The van der Waals surface area contributed by atoms with Gasteiger partial charge in [0.05, 0.1) is 23.9 Å². The number of urea groups is 1. The Bertz CT molecular complexity index is 1430. The van der Waals surface area contributed by atoms with Gasteiger partial charge in [0, 0.05) is 13.1 Å². The lowest BCUT2D eigenvalue weighted by Gasteiger charge is -2.33. The third kappa shape index (κ3) is 4.45. The number of rotatable bonds is 8. The van der Waals surface area contributed by atoms with E-state index in [1.54, 1.807) is 15.9 Å². The van der Waals surface area contributed by atoms with E-state index in [0.717, 1.165) is 16.7 Å². The van der Waals surface area contributed by atoms with Gasteiger partial charge >= 0.3 is 6.03 Å². The monoisotopic (exact) mass is 509 g/mol. The van der Waals surface area contributed by atoms with Gasteiger partial charge in [-0.3, -0.25) is 9.69 Å². The lowest BCUT2D eigenvalue weighted by Crippen LogP contribution is -2.47. The van der Waals surface area contributed by atoms with Crippen LogP contribution in [0.4, 0.5) is 4.79 Å². The number of hydrogen-bond acceptors (Lipinski definition) is 5. The normalized spacial score (nSPS) is 17.9.